The van der Waals surface area contributed by atoms with Gasteiger partial charge in [-0.25, -0.2) is 0 Å². The van der Waals surface area contributed by atoms with Crippen LogP contribution in [-0.4, -0.2) is 4.98 Å². The van der Waals surface area contributed by atoms with E-state index in [2.05, 4.69) is 15.8 Å². The van der Waals surface area contributed by atoms with Crippen molar-refractivity contribution in [3.05, 3.63) is 29.6 Å². The van der Waals surface area contributed by atoms with Crippen LogP contribution in [0.1, 0.15) is 11.3 Å². The van der Waals surface area contributed by atoms with Crippen LogP contribution in [0.5, 0.6) is 0 Å². The predicted molar refractivity (Wildman–Crippen MR) is 53.5 cm³/mol. The molecule has 0 aliphatic heterocycles. The van der Waals surface area contributed by atoms with E-state index >= 15 is 0 Å². The van der Waals surface area contributed by atoms with Gasteiger partial charge in [-0.05, 0) is 11.6 Å². The van der Waals surface area contributed by atoms with Crippen molar-refractivity contribution in [1.29, 1.82) is 0 Å². The Morgan fingerprint density at radius 2 is 1.92 bits per heavy atom. The highest BCUT2D eigenvalue weighted by Crippen LogP contribution is 2.03. The van der Waals surface area contributed by atoms with Crippen LogP contribution in [0.2, 0.25) is 0 Å². The Balaban J connectivity index is 0.00000144. The molecule has 1 heterocycles. The second kappa shape index (κ2) is 6.76. The predicted octanol–water partition coefficient (Wildman–Crippen LogP) is -0.570. The van der Waals surface area contributed by atoms with Crippen molar-refractivity contribution >= 4 is 12.4 Å². The minimum atomic E-state index is 0. The van der Waals surface area contributed by atoms with Crippen LogP contribution in [0, 0.1) is 0 Å². The summed E-state index contributed by atoms with van der Waals surface area (Å²) in [5, 5.41) is 0. The van der Waals surface area contributed by atoms with E-state index in [1.807, 2.05) is 12.1 Å². The highest BCUT2D eigenvalue weighted by molar-refractivity contribution is 5.85. The minimum Gasteiger partial charge on any atom is -0.271 e. The second-order valence-electron chi connectivity index (χ2n) is 2.37. The summed E-state index contributed by atoms with van der Waals surface area (Å²) in [5.41, 5.74) is 7.09. The number of hydrogen-bond donors (Lipinski definition) is 4. The number of aromatic nitrogens is 1. The standard InChI is InChI=1S/C7H13N5.ClH/c8-11-4-6-2-1-3-10-7(6)5-12-9;/h1-3,11-12H,4-5,8-9H2;1H. The van der Waals surface area contributed by atoms with Crippen LogP contribution in [0.4, 0.5) is 0 Å². The lowest BCUT2D eigenvalue weighted by molar-refractivity contribution is 0.684. The van der Waals surface area contributed by atoms with Crippen molar-refractivity contribution in [3.8, 4) is 0 Å². The first-order valence-corrected chi connectivity index (χ1v) is 3.68. The van der Waals surface area contributed by atoms with Crippen molar-refractivity contribution in [2.45, 2.75) is 13.1 Å². The molecule has 0 atom stereocenters. The molecule has 5 nitrogen and oxygen atoms in total. The van der Waals surface area contributed by atoms with E-state index in [4.69, 9.17) is 11.7 Å². The zero-order chi connectivity index (χ0) is 8.81. The summed E-state index contributed by atoms with van der Waals surface area (Å²) in [6.07, 6.45) is 1.73. The van der Waals surface area contributed by atoms with Gasteiger partial charge in [-0.15, -0.1) is 12.4 Å². The Morgan fingerprint density at radius 3 is 2.54 bits per heavy atom. The summed E-state index contributed by atoms with van der Waals surface area (Å²) in [7, 11) is 0. The first kappa shape index (κ1) is 12.3. The third-order valence-corrected chi connectivity index (χ3v) is 1.55. The van der Waals surface area contributed by atoms with Crippen molar-refractivity contribution in [3.63, 3.8) is 0 Å². The van der Waals surface area contributed by atoms with E-state index in [9.17, 15) is 0 Å². The minimum absolute atomic E-state index is 0. The molecule has 0 aliphatic rings. The van der Waals surface area contributed by atoms with Crippen LogP contribution in [-0.2, 0) is 13.1 Å². The number of halogens is 1. The lowest BCUT2D eigenvalue weighted by Crippen LogP contribution is -2.25. The Bertz CT molecular complexity index is 217. The Hall–Kier alpha value is -0.720. The van der Waals surface area contributed by atoms with Crippen LogP contribution >= 0.6 is 12.4 Å². The molecule has 0 saturated heterocycles. The molecular weight excluding hydrogens is 190 g/mol. The number of rotatable bonds is 4. The van der Waals surface area contributed by atoms with Crippen LogP contribution < -0.4 is 22.5 Å². The van der Waals surface area contributed by atoms with Gasteiger partial charge < -0.3 is 0 Å². The van der Waals surface area contributed by atoms with Gasteiger partial charge in [0.25, 0.3) is 0 Å². The normalized spacial score (nSPS) is 9.38. The van der Waals surface area contributed by atoms with Gasteiger partial charge in [-0.1, -0.05) is 6.07 Å². The molecule has 0 unspecified atom stereocenters. The molecule has 6 N–H and O–H groups in total. The second-order valence-corrected chi connectivity index (χ2v) is 2.37. The lowest BCUT2D eigenvalue weighted by atomic mass is 10.2. The van der Waals surface area contributed by atoms with E-state index in [0.717, 1.165) is 11.3 Å². The summed E-state index contributed by atoms with van der Waals surface area (Å²) in [6, 6.07) is 3.83. The summed E-state index contributed by atoms with van der Waals surface area (Å²) in [4.78, 5) is 4.15. The van der Waals surface area contributed by atoms with Crippen molar-refractivity contribution in [2.24, 2.45) is 11.7 Å². The average Bonchev–Trinajstić information content (AvgIpc) is 2.09. The molecule has 0 aromatic carbocycles. The molecular formula is C7H14ClN5. The van der Waals surface area contributed by atoms with Crippen LogP contribution in [0.25, 0.3) is 0 Å². The van der Waals surface area contributed by atoms with Gasteiger partial charge in [0.05, 0.1) is 12.2 Å². The van der Waals surface area contributed by atoms with E-state index in [-0.39, 0.29) is 12.4 Å². The lowest BCUT2D eigenvalue weighted by Gasteiger charge is -2.06. The summed E-state index contributed by atoms with van der Waals surface area (Å²) in [5.74, 6) is 10.4. The summed E-state index contributed by atoms with van der Waals surface area (Å²) < 4.78 is 0. The maximum atomic E-state index is 5.20. The number of pyridine rings is 1. The SMILES string of the molecule is Cl.NNCc1cccnc1CNN. The summed E-state index contributed by atoms with van der Waals surface area (Å²) in [6.45, 7) is 1.16. The zero-order valence-electron chi connectivity index (χ0n) is 7.16. The quantitative estimate of drug-likeness (QED) is 0.389. The van der Waals surface area contributed by atoms with E-state index in [1.54, 1.807) is 6.20 Å². The molecule has 0 bridgehead atoms. The smallest absolute Gasteiger partial charge is 0.0601 e. The third kappa shape index (κ3) is 3.67. The molecule has 0 fully saturated rings. The Kier molecular flexibility index (Phi) is 6.38. The number of nitrogens with two attached hydrogens (primary N) is 2. The Labute approximate surface area is 83.3 Å². The Morgan fingerprint density at radius 1 is 1.23 bits per heavy atom. The molecule has 1 rings (SSSR count). The van der Waals surface area contributed by atoms with Gasteiger partial charge in [0.1, 0.15) is 0 Å². The maximum absolute atomic E-state index is 5.20. The zero-order valence-corrected chi connectivity index (χ0v) is 7.97. The fourth-order valence-electron chi connectivity index (χ4n) is 0.998. The summed E-state index contributed by atoms with van der Waals surface area (Å²) >= 11 is 0. The highest BCUT2D eigenvalue weighted by atomic mass is 35.5. The molecule has 1 aromatic heterocycles. The topological polar surface area (TPSA) is 89.0 Å². The van der Waals surface area contributed by atoms with E-state index in [0.29, 0.717) is 13.1 Å². The number of hydrazine groups is 2. The molecule has 0 radical (unpaired) electrons. The average molecular weight is 204 g/mol. The van der Waals surface area contributed by atoms with Gasteiger partial charge in [0, 0.05) is 12.7 Å². The fourth-order valence-corrected chi connectivity index (χ4v) is 0.998. The van der Waals surface area contributed by atoms with Gasteiger partial charge in [0.15, 0.2) is 0 Å². The van der Waals surface area contributed by atoms with E-state index in [1.165, 1.54) is 0 Å². The van der Waals surface area contributed by atoms with Gasteiger partial charge in [-0.2, -0.15) is 0 Å². The number of hydrogen-bond acceptors (Lipinski definition) is 5. The largest absolute Gasteiger partial charge is 0.271 e. The molecule has 1 aromatic rings. The molecule has 0 aliphatic carbocycles. The van der Waals surface area contributed by atoms with Crippen molar-refractivity contribution in [2.75, 3.05) is 0 Å². The van der Waals surface area contributed by atoms with Gasteiger partial charge in [0.2, 0.25) is 0 Å². The molecule has 74 valence electrons. The fraction of sp³-hybridized carbons (Fsp3) is 0.286. The van der Waals surface area contributed by atoms with Crippen molar-refractivity contribution in [1.82, 2.24) is 15.8 Å². The van der Waals surface area contributed by atoms with E-state index < -0.39 is 0 Å². The first-order valence-electron chi connectivity index (χ1n) is 3.68. The first-order chi connectivity index (χ1) is 5.88. The number of nitrogens with zero attached hydrogens (tertiary/aromatic N) is 1. The molecule has 6 heteroatoms. The number of nitrogens with one attached hydrogen (secondary N) is 2. The third-order valence-electron chi connectivity index (χ3n) is 1.55. The molecule has 13 heavy (non-hydrogen) atoms. The highest BCUT2D eigenvalue weighted by Gasteiger charge is 1.99. The van der Waals surface area contributed by atoms with Crippen LogP contribution in [0.3, 0.4) is 0 Å². The maximum Gasteiger partial charge on any atom is 0.0601 e. The molecule has 0 amide bonds. The molecule has 0 spiro atoms. The van der Waals surface area contributed by atoms with Crippen LogP contribution in [0.15, 0.2) is 18.3 Å². The monoisotopic (exact) mass is 203 g/mol. The van der Waals surface area contributed by atoms with Gasteiger partial charge >= 0.3 is 0 Å². The molecule has 0 saturated carbocycles. The van der Waals surface area contributed by atoms with Crippen molar-refractivity contribution < 1.29 is 0 Å². The van der Waals surface area contributed by atoms with Gasteiger partial charge in [-0.3, -0.25) is 27.5 Å².